The summed E-state index contributed by atoms with van der Waals surface area (Å²) in [4.78, 5) is 4.44. The molecule has 2 aromatic carbocycles. The fourth-order valence-electron chi connectivity index (χ4n) is 2.65. The van der Waals surface area contributed by atoms with E-state index in [-0.39, 0.29) is 23.5 Å². The van der Waals surface area contributed by atoms with Gasteiger partial charge in [0.1, 0.15) is 11.5 Å². The molecule has 130 valence electrons. The Morgan fingerprint density at radius 2 is 1.44 bits per heavy atom. The molecule has 6 nitrogen and oxygen atoms in total. The summed E-state index contributed by atoms with van der Waals surface area (Å²) >= 11 is 0. The molecule has 0 amide bonds. The predicted molar refractivity (Wildman–Crippen MR) is 93.3 cm³/mol. The fraction of sp³-hybridized carbons (Fsp3) is 0.263. The molecular formula is C19H21N3O3. The molecule has 1 aromatic heterocycles. The quantitative estimate of drug-likeness (QED) is 0.637. The fourth-order valence-corrected chi connectivity index (χ4v) is 2.65. The molecule has 0 bridgehead atoms. The molecule has 1 heterocycles. The number of aromatic nitrogens is 2. The lowest BCUT2D eigenvalue weighted by Gasteiger charge is -2.08. The molecule has 0 unspecified atom stereocenters. The van der Waals surface area contributed by atoms with Gasteiger partial charge in [-0.25, -0.2) is 0 Å². The summed E-state index contributed by atoms with van der Waals surface area (Å²) < 4.78 is 5.37. The average Bonchev–Trinajstić information content (AvgIpc) is 3.09. The standard InChI is InChI=1S/C19H21N3O3/c1-12(10-13-2-6-15(23)7-3-13)19-21-18(22-25-19)17(20)11-14-4-8-16(24)9-5-14/h2-9,12,17,23-24H,10-11,20H2,1H3/t12-,17-/m0/s1. The molecule has 0 saturated heterocycles. The number of aromatic hydroxyl groups is 2. The van der Waals surface area contributed by atoms with Crippen molar-refractivity contribution in [3.8, 4) is 11.5 Å². The predicted octanol–water partition coefficient (Wildman–Crippen LogP) is 3.07. The first-order valence-electron chi connectivity index (χ1n) is 8.16. The molecule has 3 aromatic rings. The maximum atomic E-state index is 9.34. The molecule has 0 aliphatic heterocycles. The van der Waals surface area contributed by atoms with Crippen LogP contribution in [-0.2, 0) is 12.8 Å². The van der Waals surface area contributed by atoms with Gasteiger partial charge in [0.05, 0.1) is 6.04 Å². The van der Waals surface area contributed by atoms with E-state index in [9.17, 15) is 10.2 Å². The van der Waals surface area contributed by atoms with Gasteiger partial charge in [-0.3, -0.25) is 0 Å². The number of nitrogens with two attached hydrogens (primary N) is 1. The van der Waals surface area contributed by atoms with E-state index in [0.29, 0.717) is 18.1 Å². The smallest absolute Gasteiger partial charge is 0.229 e. The van der Waals surface area contributed by atoms with Gasteiger partial charge in [-0.05, 0) is 48.2 Å². The molecular weight excluding hydrogens is 318 g/mol. The second kappa shape index (κ2) is 7.36. The monoisotopic (exact) mass is 339 g/mol. The van der Waals surface area contributed by atoms with E-state index in [1.54, 1.807) is 24.3 Å². The third-order valence-electron chi connectivity index (χ3n) is 4.08. The summed E-state index contributed by atoms with van der Waals surface area (Å²) in [5.41, 5.74) is 8.25. The molecule has 2 atom stereocenters. The van der Waals surface area contributed by atoms with Crippen LogP contribution in [0.2, 0.25) is 0 Å². The summed E-state index contributed by atoms with van der Waals surface area (Å²) in [7, 11) is 0. The molecule has 6 heteroatoms. The van der Waals surface area contributed by atoms with Crippen molar-refractivity contribution in [2.45, 2.75) is 31.7 Å². The Balaban J connectivity index is 1.64. The topological polar surface area (TPSA) is 105 Å². The van der Waals surface area contributed by atoms with Crippen molar-refractivity contribution in [1.82, 2.24) is 10.1 Å². The van der Waals surface area contributed by atoms with Gasteiger partial charge in [-0.1, -0.05) is 36.3 Å². The van der Waals surface area contributed by atoms with Crippen molar-refractivity contribution >= 4 is 0 Å². The SMILES string of the molecule is C[C@@H](Cc1ccc(O)cc1)c1nc([C@@H](N)Cc2ccc(O)cc2)no1. The number of rotatable bonds is 6. The van der Waals surface area contributed by atoms with E-state index in [1.807, 2.05) is 31.2 Å². The van der Waals surface area contributed by atoms with Crippen LogP contribution in [0.1, 0.15) is 41.7 Å². The summed E-state index contributed by atoms with van der Waals surface area (Å²) in [6, 6.07) is 13.6. The lowest BCUT2D eigenvalue weighted by molar-refractivity contribution is 0.351. The summed E-state index contributed by atoms with van der Waals surface area (Å²) in [6.45, 7) is 2.01. The zero-order valence-corrected chi connectivity index (χ0v) is 14.0. The minimum absolute atomic E-state index is 0.0478. The largest absolute Gasteiger partial charge is 0.508 e. The van der Waals surface area contributed by atoms with Gasteiger partial charge in [-0.2, -0.15) is 4.98 Å². The maximum absolute atomic E-state index is 9.34. The highest BCUT2D eigenvalue weighted by Gasteiger charge is 2.19. The number of hydrogen-bond donors (Lipinski definition) is 3. The van der Waals surface area contributed by atoms with Crippen LogP contribution in [-0.4, -0.2) is 20.4 Å². The Morgan fingerprint density at radius 1 is 0.920 bits per heavy atom. The van der Waals surface area contributed by atoms with E-state index < -0.39 is 0 Å². The summed E-state index contributed by atoms with van der Waals surface area (Å²) in [5, 5.41) is 22.7. The Labute approximate surface area is 145 Å². The first kappa shape index (κ1) is 17.0. The molecule has 0 fully saturated rings. The van der Waals surface area contributed by atoms with Gasteiger partial charge in [-0.15, -0.1) is 0 Å². The molecule has 4 N–H and O–H groups in total. The lowest BCUT2D eigenvalue weighted by Crippen LogP contribution is -2.15. The van der Waals surface area contributed by atoms with E-state index in [1.165, 1.54) is 0 Å². The van der Waals surface area contributed by atoms with Crippen molar-refractivity contribution in [2.75, 3.05) is 0 Å². The Hall–Kier alpha value is -2.86. The van der Waals surface area contributed by atoms with Crippen molar-refractivity contribution in [3.63, 3.8) is 0 Å². The van der Waals surface area contributed by atoms with Crippen molar-refractivity contribution in [2.24, 2.45) is 5.73 Å². The van der Waals surface area contributed by atoms with Crippen LogP contribution in [0.15, 0.2) is 53.1 Å². The number of phenols is 2. The molecule has 0 spiro atoms. The first-order valence-corrected chi connectivity index (χ1v) is 8.16. The van der Waals surface area contributed by atoms with Gasteiger partial charge in [0.15, 0.2) is 5.82 Å². The molecule has 25 heavy (non-hydrogen) atoms. The van der Waals surface area contributed by atoms with Crippen molar-refractivity contribution in [3.05, 3.63) is 71.4 Å². The van der Waals surface area contributed by atoms with Crippen LogP contribution < -0.4 is 5.73 Å². The highest BCUT2D eigenvalue weighted by atomic mass is 16.5. The van der Waals surface area contributed by atoms with Crippen LogP contribution in [0.25, 0.3) is 0 Å². The van der Waals surface area contributed by atoms with Gasteiger partial charge in [0, 0.05) is 5.92 Å². The second-order valence-corrected chi connectivity index (χ2v) is 6.24. The summed E-state index contributed by atoms with van der Waals surface area (Å²) in [5.74, 6) is 1.54. The van der Waals surface area contributed by atoms with Crippen LogP contribution in [0.5, 0.6) is 11.5 Å². The summed E-state index contributed by atoms with van der Waals surface area (Å²) in [6.07, 6.45) is 1.29. The van der Waals surface area contributed by atoms with E-state index >= 15 is 0 Å². The highest BCUT2D eigenvalue weighted by Crippen LogP contribution is 2.22. The highest BCUT2D eigenvalue weighted by molar-refractivity contribution is 5.27. The minimum atomic E-state index is -0.372. The number of hydrogen-bond acceptors (Lipinski definition) is 6. The van der Waals surface area contributed by atoms with Gasteiger partial charge in [0.25, 0.3) is 0 Å². The molecule has 0 aliphatic carbocycles. The number of nitrogens with zero attached hydrogens (tertiary/aromatic N) is 2. The number of benzene rings is 2. The van der Waals surface area contributed by atoms with Crippen LogP contribution >= 0.6 is 0 Å². The van der Waals surface area contributed by atoms with E-state index in [0.717, 1.165) is 17.5 Å². The molecule has 0 radical (unpaired) electrons. The average molecular weight is 339 g/mol. The zero-order chi connectivity index (χ0) is 17.8. The third kappa shape index (κ3) is 4.36. The first-order chi connectivity index (χ1) is 12.0. The van der Waals surface area contributed by atoms with E-state index in [2.05, 4.69) is 10.1 Å². The zero-order valence-electron chi connectivity index (χ0n) is 14.0. The normalized spacial score (nSPS) is 13.5. The van der Waals surface area contributed by atoms with E-state index in [4.69, 9.17) is 10.3 Å². The van der Waals surface area contributed by atoms with Crippen molar-refractivity contribution < 1.29 is 14.7 Å². The van der Waals surface area contributed by atoms with Gasteiger partial charge < -0.3 is 20.5 Å². The van der Waals surface area contributed by atoms with Crippen molar-refractivity contribution in [1.29, 1.82) is 0 Å². The van der Waals surface area contributed by atoms with Crippen LogP contribution in [0.4, 0.5) is 0 Å². The minimum Gasteiger partial charge on any atom is -0.508 e. The number of phenolic OH excluding ortho intramolecular Hbond substituents is 2. The Bertz CT molecular complexity index is 745. The third-order valence-corrected chi connectivity index (χ3v) is 4.08. The van der Waals surface area contributed by atoms with Gasteiger partial charge in [0.2, 0.25) is 5.89 Å². The van der Waals surface area contributed by atoms with Gasteiger partial charge >= 0.3 is 0 Å². The lowest BCUT2D eigenvalue weighted by atomic mass is 10.0. The molecule has 0 saturated carbocycles. The second-order valence-electron chi connectivity index (χ2n) is 6.24. The van der Waals surface area contributed by atoms with Crippen LogP contribution in [0.3, 0.4) is 0 Å². The Kier molecular flexibility index (Phi) is 5.00. The maximum Gasteiger partial charge on any atom is 0.229 e. The van der Waals surface area contributed by atoms with Crippen LogP contribution in [0, 0.1) is 0 Å². The Morgan fingerprint density at radius 3 is 2.00 bits per heavy atom. The molecule has 0 aliphatic rings. The molecule has 3 rings (SSSR count).